The Morgan fingerprint density at radius 1 is 0.947 bits per heavy atom. The molecule has 0 amide bonds. The van der Waals surface area contributed by atoms with E-state index in [9.17, 15) is 18.0 Å². The predicted molar refractivity (Wildman–Crippen MR) is 69.6 cm³/mol. The summed E-state index contributed by atoms with van der Waals surface area (Å²) in [7, 11) is 0.0820. The summed E-state index contributed by atoms with van der Waals surface area (Å²) in [5.74, 6) is -1.33. The standard InChI is InChI=1S/C10H18O7S2/c1-15-19(14)8-17-10(12)6-4-3-5-9(11)16-7-18(2)13/h3-8H2,1-2H3. The van der Waals surface area contributed by atoms with Gasteiger partial charge in [-0.15, -0.1) is 0 Å². The monoisotopic (exact) mass is 314 g/mol. The average Bonchev–Trinajstić information content (AvgIpc) is 2.38. The van der Waals surface area contributed by atoms with Gasteiger partial charge in [0.25, 0.3) is 0 Å². The van der Waals surface area contributed by atoms with Crippen LogP contribution in [0.5, 0.6) is 0 Å². The van der Waals surface area contributed by atoms with Crippen molar-refractivity contribution in [2.75, 3.05) is 25.2 Å². The molecule has 19 heavy (non-hydrogen) atoms. The molecule has 0 fully saturated rings. The summed E-state index contributed by atoms with van der Waals surface area (Å²) in [4.78, 5) is 22.3. The van der Waals surface area contributed by atoms with Crippen molar-refractivity contribution in [3.8, 4) is 0 Å². The van der Waals surface area contributed by atoms with Gasteiger partial charge >= 0.3 is 11.9 Å². The van der Waals surface area contributed by atoms with Crippen molar-refractivity contribution in [3.63, 3.8) is 0 Å². The molecular weight excluding hydrogens is 296 g/mol. The molecule has 0 aromatic carbocycles. The van der Waals surface area contributed by atoms with E-state index < -0.39 is 33.8 Å². The maximum absolute atomic E-state index is 11.2. The molecule has 0 aliphatic rings. The molecule has 0 saturated heterocycles. The van der Waals surface area contributed by atoms with Gasteiger partial charge in [0, 0.05) is 19.1 Å². The van der Waals surface area contributed by atoms with E-state index in [0.29, 0.717) is 12.8 Å². The topological polar surface area (TPSA) is 96.0 Å². The van der Waals surface area contributed by atoms with Crippen molar-refractivity contribution in [1.82, 2.24) is 0 Å². The van der Waals surface area contributed by atoms with Crippen LogP contribution in [0.1, 0.15) is 25.7 Å². The molecule has 0 saturated carbocycles. The van der Waals surface area contributed by atoms with Crippen LogP contribution in [0.3, 0.4) is 0 Å². The smallest absolute Gasteiger partial charge is 0.306 e. The van der Waals surface area contributed by atoms with Crippen molar-refractivity contribution in [2.45, 2.75) is 25.7 Å². The molecule has 0 rings (SSSR count). The zero-order chi connectivity index (χ0) is 14.7. The van der Waals surface area contributed by atoms with E-state index >= 15 is 0 Å². The quantitative estimate of drug-likeness (QED) is 0.421. The van der Waals surface area contributed by atoms with E-state index in [1.54, 1.807) is 0 Å². The Morgan fingerprint density at radius 2 is 1.42 bits per heavy atom. The molecule has 7 nitrogen and oxygen atoms in total. The number of hydrogen-bond acceptors (Lipinski definition) is 7. The molecule has 0 spiro atoms. The summed E-state index contributed by atoms with van der Waals surface area (Å²) in [5, 5.41) is 0. The third-order valence-corrected chi connectivity index (χ3v) is 3.03. The van der Waals surface area contributed by atoms with Gasteiger partial charge < -0.3 is 9.47 Å². The highest BCUT2D eigenvalue weighted by molar-refractivity contribution is 7.84. The molecule has 112 valence electrons. The minimum Gasteiger partial charge on any atom is -0.452 e. The molecule has 0 heterocycles. The van der Waals surface area contributed by atoms with Gasteiger partial charge in [0.2, 0.25) is 0 Å². The zero-order valence-electron chi connectivity index (χ0n) is 10.9. The minimum atomic E-state index is -1.62. The van der Waals surface area contributed by atoms with Gasteiger partial charge in [-0.2, -0.15) is 0 Å². The zero-order valence-corrected chi connectivity index (χ0v) is 12.5. The van der Waals surface area contributed by atoms with Crippen molar-refractivity contribution >= 4 is 33.8 Å². The maximum Gasteiger partial charge on any atom is 0.306 e. The Kier molecular flexibility index (Phi) is 10.6. The largest absolute Gasteiger partial charge is 0.452 e. The Labute approximate surface area is 117 Å². The van der Waals surface area contributed by atoms with E-state index in [-0.39, 0.29) is 24.7 Å². The van der Waals surface area contributed by atoms with Gasteiger partial charge in [-0.25, -0.2) is 4.21 Å². The molecule has 0 aromatic heterocycles. The van der Waals surface area contributed by atoms with Crippen LogP contribution in [0.2, 0.25) is 0 Å². The fraction of sp³-hybridized carbons (Fsp3) is 0.800. The van der Waals surface area contributed by atoms with E-state index in [1.807, 2.05) is 0 Å². The lowest BCUT2D eigenvalue weighted by Gasteiger charge is -2.04. The van der Waals surface area contributed by atoms with Crippen LogP contribution in [0, 0.1) is 0 Å². The van der Waals surface area contributed by atoms with Gasteiger partial charge in [-0.1, -0.05) is 0 Å². The highest BCUT2D eigenvalue weighted by Crippen LogP contribution is 2.03. The number of carbonyl (C=O) groups is 2. The van der Waals surface area contributed by atoms with Gasteiger partial charge in [-0.05, 0) is 12.8 Å². The summed E-state index contributed by atoms with van der Waals surface area (Å²) in [6.07, 6.45) is 2.66. The predicted octanol–water partition coefficient (Wildman–Crippen LogP) is 0.237. The SMILES string of the molecule is COS(=O)COC(=O)CCCCC(=O)OCS(C)=O. The van der Waals surface area contributed by atoms with Crippen molar-refractivity contribution < 1.29 is 31.7 Å². The number of hydrogen-bond donors (Lipinski definition) is 0. The maximum atomic E-state index is 11.2. The van der Waals surface area contributed by atoms with Gasteiger partial charge in [0.05, 0.1) is 17.9 Å². The van der Waals surface area contributed by atoms with Gasteiger partial charge in [0.15, 0.2) is 23.0 Å². The molecule has 9 heteroatoms. The number of unbranched alkanes of at least 4 members (excludes halogenated alkanes) is 1. The first-order valence-corrected chi connectivity index (χ1v) is 8.47. The first kappa shape index (κ1) is 18.2. The lowest BCUT2D eigenvalue weighted by atomic mass is 10.2. The van der Waals surface area contributed by atoms with Crippen LogP contribution >= 0.6 is 0 Å². The van der Waals surface area contributed by atoms with Crippen LogP contribution in [0.15, 0.2) is 0 Å². The van der Waals surface area contributed by atoms with Crippen LogP contribution in [-0.2, 0) is 45.1 Å². The van der Waals surface area contributed by atoms with Gasteiger partial charge in [0.1, 0.15) is 0 Å². The van der Waals surface area contributed by atoms with E-state index in [4.69, 9.17) is 4.74 Å². The third kappa shape index (κ3) is 12.0. The lowest BCUT2D eigenvalue weighted by Crippen LogP contribution is -2.11. The van der Waals surface area contributed by atoms with E-state index in [0.717, 1.165) is 0 Å². The molecule has 0 radical (unpaired) electrons. The third-order valence-electron chi connectivity index (χ3n) is 1.90. The summed E-state index contributed by atoms with van der Waals surface area (Å²) < 4.78 is 35.2. The summed E-state index contributed by atoms with van der Waals surface area (Å²) in [6, 6.07) is 0. The van der Waals surface area contributed by atoms with Crippen molar-refractivity contribution in [2.24, 2.45) is 0 Å². The normalized spacial score (nSPS) is 13.6. The Bertz CT molecular complexity index is 343. The van der Waals surface area contributed by atoms with Crippen LogP contribution < -0.4 is 0 Å². The molecule has 2 atom stereocenters. The van der Waals surface area contributed by atoms with Crippen molar-refractivity contribution in [3.05, 3.63) is 0 Å². The van der Waals surface area contributed by atoms with Gasteiger partial charge in [-0.3, -0.25) is 18.0 Å². The molecule has 0 aliphatic heterocycles. The molecule has 0 N–H and O–H groups in total. The first-order valence-electron chi connectivity index (χ1n) is 5.49. The van der Waals surface area contributed by atoms with E-state index in [1.165, 1.54) is 13.4 Å². The fourth-order valence-corrected chi connectivity index (χ4v) is 1.61. The lowest BCUT2D eigenvalue weighted by molar-refractivity contribution is -0.143. The second-order valence-electron chi connectivity index (χ2n) is 3.52. The summed E-state index contributed by atoms with van der Waals surface area (Å²) >= 11 is -1.62. The molecule has 0 bridgehead atoms. The van der Waals surface area contributed by atoms with E-state index in [2.05, 4.69) is 8.92 Å². The second kappa shape index (κ2) is 11.1. The summed E-state index contributed by atoms with van der Waals surface area (Å²) in [5.41, 5.74) is 0. The fourth-order valence-electron chi connectivity index (χ4n) is 0.994. The Morgan fingerprint density at radius 3 is 1.84 bits per heavy atom. The van der Waals surface area contributed by atoms with Crippen molar-refractivity contribution in [1.29, 1.82) is 0 Å². The molecule has 2 unspecified atom stereocenters. The number of ether oxygens (including phenoxy) is 2. The van der Waals surface area contributed by atoms with Crippen LogP contribution in [0.25, 0.3) is 0 Å². The highest BCUT2D eigenvalue weighted by atomic mass is 32.2. The number of carbonyl (C=O) groups excluding carboxylic acids is 2. The number of rotatable bonds is 10. The molecular formula is C10H18O7S2. The minimum absolute atomic E-state index is 0.107. The second-order valence-corrected chi connectivity index (χ2v) is 6.08. The summed E-state index contributed by atoms with van der Waals surface area (Å²) in [6.45, 7) is 0. The molecule has 0 aromatic rings. The number of esters is 2. The Hall–Kier alpha value is -0.800. The molecule has 0 aliphatic carbocycles. The van der Waals surface area contributed by atoms with Crippen LogP contribution in [0.4, 0.5) is 0 Å². The van der Waals surface area contributed by atoms with Crippen LogP contribution in [-0.4, -0.2) is 45.6 Å². The highest BCUT2D eigenvalue weighted by Gasteiger charge is 2.08. The average molecular weight is 314 g/mol. The first-order chi connectivity index (χ1) is 8.95. The Balaban J connectivity index is 3.52.